The van der Waals surface area contributed by atoms with Gasteiger partial charge in [0.15, 0.2) is 10.8 Å². The monoisotopic (exact) mass is 562 g/mol. The number of halogens is 3. The van der Waals surface area contributed by atoms with Crippen LogP contribution in [0.2, 0.25) is 0 Å². The van der Waals surface area contributed by atoms with E-state index in [4.69, 9.17) is 10.5 Å². The summed E-state index contributed by atoms with van der Waals surface area (Å²) in [6, 6.07) is 0.0468. The van der Waals surface area contributed by atoms with Gasteiger partial charge in [0.05, 0.1) is 0 Å². The van der Waals surface area contributed by atoms with Gasteiger partial charge in [-0.05, 0) is 5.16 Å². The van der Waals surface area contributed by atoms with Crippen LogP contribution in [0.5, 0.6) is 5.88 Å². The van der Waals surface area contributed by atoms with E-state index in [1.54, 1.807) is 0 Å². The number of fused-ring (bicyclic) bond motifs is 1. The van der Waals surface area contributed by atoms with E-state index in [1.165, 1.54) is 17.7 Å². The van der Waals surface area contributed by atoms with E-state index in [1.807, 2.05) is 0 Å². The molecule has 19 heteroatoms. The SMILES string of the molecule is Nc1nc(/C(=N/O)C(=O)NC2C(=O)N3C(C(=O)OC(=O)C(F)(F)F)=C(COc4ccon4)CSC23)cs1. The van der Waals surface area contributed by atoms with E-state index in [-0.39, 0.29) is 28.0 Å². The second-order valence-electron chi connectivity index (χ2n) is 7.13. The summed E-state index contributed by atoms with van der Waals surface area (Å²) in [5.74, 6) is -6.51. The Morgan fingerprint density at radius 3 is 2.73 bits per heavy atom. The molecule has 4 heterocycles. The summed E-state index contributed by atoms with van der Waals surface area (Å²) in [4.78, 5) is 53.9. The summed E-state index contributed by atoms with van der Waals surface area (Å²) in [6.45, 7) is -0.412. The number of esters is 2. The number of β-lactam (4-membered cyclic amide) rings is 1. The van der Waals surface area contributed by atoms with Crippen molar-refractivity contribution in [2.45, 2.75) is 17.6 Å². The number of nitrogens with two attached hydrogens (primary N) is 1. The molecule has 4 N–H and O–H groups in total. The number of carbonyl (C=O) groups excluding carboxylic acids is 4. The highest BCUT2D eigenvalue weighted by atomic mass is 32.2. The quantitative estimate of drug-likeness (QED) is 0.104. The summed E-state index contributed by atoms with van der Waals surface area (Å²) in [6.07, 6.45) is -4.28. The van der Waals surface area contributed by atoms with E-state index < -0.39 is 59.4 Å². The van der Waals surface area contributed by atoms with Crippen LogP contribution < -0.4 is 15.8 Å². The first kappa shape index (κ1) is 25.9. The van der Waals surface area contributed by atoms with E-state index in [2.05, 4.69) is 29.9 Å². The zero-order valence-corrected chi connectivity index (χ0v) is 19.6. The zero-order chi connectivity index (χ0) is 26.9. The molecule has 2 aromatic heterocycles. The number of thiazole rings is 1. The number of oxime groups is 1. The molecule has 2 amide bonds. The molecule has 0 aromatic carbocycles. The summed E-state index contributed by atoms with van der Waals surface area (Å²) in [5.41, 5.74) is 4.25. The molecule has 0 aliphatic carbocycles. The van der Waals surface area contributed by atoms with Crippen LogP contribution in [-0.4, -0.2) is 79.7 Å². The molecule has 1 saturated heterocycles. The molecule has 196 valence electrons. The predicted octanol–water partition coefficient (Wildman–Crippen LogP) is 0.257. The van der Waals surface area contributed by atoms with Crippen LogP contribution in [0.4, 0.5) is 18.3 Å². The number of thioether (sulfide) groups is 1. The Hall–Kier alpha value is -4.13. The van der Waals surface area contributed by atoms with Gasteiger partial charge in [-0.2, -0.15) is 13.2 Å². The van der Waals surface area contributed by atoms with Crippen molar-refractivity contribution in [1.29, 1.82) is 0 Å². The highest BCUT2D eigenvalue weighted by molar-refractivity contribution is 8.00. The number of hydrogen-bond acceptors (Lipinski definition) is 14. The number of amides is 2. The summed E-state index contributed by atoms with van der Waals surface area (Å²) in [7, 11) is 0. The number of nitrogens with zero attached hydrogens (tertiary/aromatic N) is 4. The van der Waals surface area contributed by atoms with Crippen LogP contribution in [0.25, 0.3) is 0 Å². The third-order valence-electron chi connectivity index (χ3n) is 4.83. The van der Waals surface area contributed by atoms with Crippen LogP contribution in [-0.2, 0) is 23.9 Å². The van der Waals surface area contributed by atoms with Crippen molar-refractivity contribution in [3.8, 4) is 5.88 Å². The fraction of sp³-hybridized carbons (Fsp3) is 0.278. The Morgan fingerprint density at radius 2 is 2.14 bits per heavy atom. The van der Waals surface area contributed by atoms with Crippen molar-refractivity contribution in [2.24, 2.45) is 5.16 Å². The molecule has 2 aliphatic rings. The molecule has 2 aromatic rings. The Kier molecular flexibility index (Phi) is 7.07. The van der Waals surface area contributed by atoms with Crippen LogP contribution in [0, 0.1) is 0 Å². The number of nitrogens with one attached hydrogen (secondary N) is 1. The maximum atomic E-state index is 12.9. The summed E-state index contributed by atoms with van der Waals surface area (Å²) < 4.78 is 51.9. The van der Waals surface area contributed by atoms with E-state index >= 15 is 0 Å². The third-order valence-corrected chi connectivity index (χ3v) is 6.85. The standard InChI is InChI=1S/C18H13F3N6O8S2/c19-18(20,21)16(31)35-15(30)11-6(3-33-8-1-2-34-26-8)4-36-14-10(13(29)27(11)14)24-12(28)9(25-32)7-5-37-17(22)23-7/h1-2,5,10,14,32H,3-4H2,(H2,22,23)(H,24,28)/b25-9-. The van der Waals surface area contributed by atoms with Gasteiger partial charge >= 0.3 is 18.1 Å². The topological polar surface area (TPSA) is 200 Å². The second-order valence-corrected chi connectivity index (χ2v) is 9.13. The van der Waals surface area contributed by atoms with Gasteiger partial charge in [-0.3, -0.25) is 14.5 Å². The molecule has 14 nitrogen and oxygen atoms in total. The second kappa shape index (κ2) is 10.1. The fourth-order valence-corrected chi connectivity index (χ4v) is 5.10. The smallest absolute Gasteiger partial charge is 0.471 e. The van der Waals surface area contributed by atoms with Gasteiger partial charge in [-0.25, -0.2) is 14.6 Å². The molecule has 0 bridgehead atoms. The first-order valence-corrected chi connectivity index (χ1v) is 11.7. The number of nitrogen functional groups attached to an aromatic ring is 1. The van der Waals surface area contributed by atoms with Crippen molar-refractivity contribution in [3.05, 3.63) is 34.7 Å². The van der Waals surface area contributed by atoms with Crippen molar-refractivity contribution < 1.29 is 51.6 Å². The van der Waals surface area contributed by atoms with Gasteiger partial charge in [0.2, 0.25) is 0 Å². The van der Waals surface area contributed by atoms with Gasteiger partial charge in [0.25, 0.3) is 17.7 Å². The van der Waals surface area contributed by atoms with Crippen molar-refractivity contribution in [2.75, 3.05) is 18.1 Å². The summed E-state index contributed by atoms with van der Waals surface area (Å²) in [5, 5.41) is 18.4. The van der Waals surface area contributed by atoms with E-state index in [0.717, 1.165) is 28.0 Å². The molecule has 2 aliphatic heterocycles. The Bertz CT molecular complexity index is 1310. The lowest BCUT2D eigenvalue weighted by atomic mass is 10.0. The van der Waals surface area contributed by atoms with Crippen molar-refractivity contribution >= 4 is 57.7 Å². The lowest BCUT2D eigenvalue weighted by Gasteiger charge is -2.49. The van der Waals surface area contributed by atoms with Crippen LogP contribution in [0.15, 0.2) is 38.7 Å². The molecule has 0 radical (unpaired) electrons. The lowest BCUT2D eigenvalue weighted by Crippen LogP contribution is -2.71. The van der Waals surface area contributed by atoms with E-state index in [0.29, 0.717) is 0 Å². The largest absolute Gasteiger partial charge is 0.491 e. The molecular formula is C18H13F3N6O8S2. The normalized spacial score (nSPS) is 19.7. The average Bonchev–Trinajstić information content (AvgIpc) is 3.52. The van der Waals surface area contributed by atoms with Crippen LogP contribution >= 0.6 is 23.1 Å². The number of alkyl halides is 3. The maximum Gasteiger partial charge on any atom is 0.491 e. The summed E-state index contributed by atoms with van der Waals surface area (Å²) >= 11 is 2.00. The number of anilines is 1. The molecule has 2 atom stereocenters. The minimum absolute atomic E-state index is 0.0120. The van der Waals surface area contributed by atoms with Gasteiger partial charge in [0.1, 0.15) is 35.7 Å². The molecule has 0 spiro atoms. The third kappa shape index (κ3) is 5.21. The molecule has 4 rings (SSSR count). The van der Waals surface area contributed by atoms with E-state index in [9.17, 15) is 37.6 Å². The Morgan fingerprint density at radius 1 is 1.38 bits per heavy atom. The van der Waals surface area contributed by atoms with Crippen LogP contribution in [0.3, 0.4) is 0 Å². The minimum atomic E-state index is -5.47. The van der Waals surface area contributed by atoms with Gasteiger partial charge in [-0.1, -0.05) is 5.16 Å². The van der Waals surface area contributed by atoms with Gasteiger partial charge in [-0.15, -0.1) is 23.1 Å². The van der Waals surface area contributed by atoms with Gasteiger partial charge in [0, 0.05) is 22.8 Å². The highest BCUT2D eigenvalue weighted by Crippen LogP contribution is 2.41. The molecule has 1 fully saturated rings. The van der Waals surface area contributed by atoms with Gasteiger partial charge < -0.3 is 30.3 Å². The fourth-order valence-electron chi connectivity index (χ4n) is 3.23. The average molecular weight is 562 g/mol. The Labute approximate surface area is 211 Å². The number of hydrogen-bond donors (Lipinski definition) is 3. The number of carbonyl (C=O) groups is 4. The number of ether oxygens (including phenoxy) is 2. The first-order valence-electron chi connectivity index (χ1n) is 9.78. The predicted molar refractivity (Wildman–Crippen MR) is 116 cm³/mol. The molecule has 37 heavy (non-hydrogen) atoms. The molecule has 2 unspecified atom stereocenters. The molecule has 0 saturated carbocycles. The van der Waals surface area contributed by atoms with Crippen molar-refractivity contribution in [3.63, 3.8) is 0 Å². The minimum Gasteiger partial charge on any atom is -0.471 e. The molecular weight excluding hydrogens is 549 g/mol. The Balaban J connectivity index is 1.55. The maximum absolute atomic E-state index is 12.9. The highest BCUT2D eigenvalue weighted by Gasteiger charge is 2.55. The number of rotatable bonds is 7. The first-order chi connectivity index (χ1) is 17.5. The zero-order valence-electron chi connectivity index (χ0n) is 17.9. The van der Waals surface area contributed by atoms with Crippen molar-refractivity contribution in [1.82, 2.24) is 20.4 Å². The van der Waals surface area contributed by atoms with Crippen LogP contribution in [0.1, 0.15) is 5.69 Å². The lowest BCUT2D eigenvalue weighted by molar-refractivity contribution is -0.201. The number of aromatic nitrogens is 2.